The molecule has 27 heavy (non-hydrogen) atoms. The van der Waals surface area contributed by atoms with Gasteiger partial charge in [-0.1, -0.05) is 12.1 Å². The van der Waals surface area contributed by atoms with Crippen molar-refractivity contribution >= 4 is 27.2 Å². The van der Waals surface area contributed by atoms with Crippen molar-refractivity contribution in [2.75, 3.05) is 16.8 Å². The van der Waals surface area contributed by atoms with E-state index >= 15 is 0 Å². The van der Waals surface area contributed by atoms with E-state index in [9.17, 15) is 13.2 Å². The summed E-state index contributed by atoms with van der Waals surface area (Å²) in [6.07, 6.45) is 3.26. The van der Waals surface area contributed by atoms with Crippen LogP contribution in [0.25, 0.3) is 0 Å². The number of carbonyl (C=O) groups excluding carboxylic acids is 1. The van der Waals surface area contributed by atoms with Gasteiger partial charge in [-0.15, -0.1) is 0 Å². The first-order chi connectivity index (χ1) is 12.8. The van der Waals surface area contributed by atoms with Gasteiger partial charge in [0.1, 0.15) is 17.3 Å². The second-order valence-electron chi connectivity index (χ2n) is 6.65. The fourth-order valence-electron chi connectivity index (χ4n) is 2.74. The second-order valence-corrected chi connectivity index (χ2v) is 8.88. The number of ether oxygens (including phenoxy) is 1. The summed E-state index contributed by atoms with van der Waals surface area (Å²) in [5.74, 6) is 0.802. The molecule has 3 rings (SSSR count). The van der Waals surface area contributed by atoms with Crippen LogP contribution in [-0.2, 0) is 9.84 Å². The smallest absolute Gasteiger partial charge is 0.271 e. The molecule has 9 heteroatoms. The van der Waals surface area contributed by atoms with Gasteiger partial charge in [-0.2, -0.15) is 0 Å². The van der Waals surface area contributed by atoms with Crippen LogP contribution in [0.3, 0.4) is 0 Å². The Bertz CT molecular complexity index is 913. The average Bonchev–Trinajstić information content (AvgIpc) is 2.95. The first-order valence-electron chi connectivity index (χ1n) is 8.68. The number of carbonyl (C=O) groups is 1. The number of aromatic nitrogens is 2. The average molecular weight is 390 g/mol. The summed E-state index contributed by atoms with van der Waals surface area (Å²) in [6, 6.07) is 7.10. The third-order valence-electron chi connectivity index (χ3n) is 3.96. The molecule has 1 fully saturated rings. The van der Waals surface area contributed by atoms with Crippen LogP contribution in [0.2, 0.25) is 0 Å². The lowest BCUT2D eigenvalue weighted by molar-refractivity contribution is 0.0935. The molecule has 0 radical (unpaired) electrons. The lowest BCUT2D eigenvalue weighted by Gasteiger charge is -2.15. The summed E-state index contributed by atoms with van der Waals surface area (Å²) < 4.78 is 28.7. The van der Waals surface area contributed by atoms with Gasteiger partial charge in [0.25, 0.3) is 5.91 Å². The van der Waals surface area contributed by atoms with Crippen LogP contribution in [-0.4, -0.2) is 47.9 Å². The van der Waals surface area contributed by atoms with Crippen LogP contribution in [0.4, 0.5) is 11.5 Å². The van der Waals surface area contributed by atoms with Crippen molar-refractivity contribution in [3.8, 4) is 5.75 Å². The highest BCUT2D eigenvalue weighted by molar-refractivity contribution is 7.91. The van der Waals surface area contributed by atoms with Crippen LogP contribution in [0.5, 0.6) is 5.75 Å². The topological polar surface area (TPSA) is 110 Å². The predicted octanol–water partition coefficient (Wildman–Crippen LogP) is 1.92. The van der Waals surface area contributed by atoms with E-state index in [1.165, 1.54) is 12.4 Å². The predicted molar refractivity (Wildman–Crippen MR) is 102 cm³/mol. The van der Waals surface area contributed by atoms with E-state index in [1.54, 1.807) is 0 Å². The molecule has 1 aromatic heterocycles. The number of para-hydroxylation sites is 2. The Morgan fingerprint density at radius 1 is 1.22 bits per heavy atom. The van der Waals surface area contributed by atoms with Gasteiger partial charge in [0.05, 0.1) is 35.7 Å². The molecular weight excluding hydrogens is 368 g/mol. The zero-order chi connectivity index (χ0) is 19.4. The van der Waals surface area contributed by atoms with Gasteiger partial charge in [-0.05, 0) is 32.4 Å². The van der Waals surface area contributed by atoms with Crippen molar-refractivity contribution in [1.29, 1.82) is 0 Å². The standard InChI is InChI=1S/C18H22N4O4S/c1-12(2)26-16-6-4-3-5-14(16)22-17-10-19-15(9-20-17)18(23)21-13-7-8-27(24,25)11-13/h3-6,9-10,12-13H,7-8,11H2,1-2H3,(H,20,22)(H,21,23). The number of benzene rings is 1. The van der Waals surface area contributed by atoms with Gasteiger partial charge in [-0.25, -0.2) is 18.4 Å². The molecule has 2 aromatic rings. The van der Waals surface area contributed by atoms with E-state index in [0.29, 0.717) is 18.0 Å². The molecule has 0 bridgehead atoms. The normalized spacial score (nSPS) is 18.3. The van der Waals surface area contributed by atoms with Crippen molar-refractivity contribution in [2.24, 2.45) is 0 Å². The molecule has 8 nitrogen and oxygen atoms in total. The molecule has 0 saturated carbocycles. The number of sulfone groups is 1. The first-order valence-corrected chi connectivity index (χ1v) is 10.5. The van der Waals surface area contributed by atoms with Gasteiger partial charge >= 0.3 is 0 Å². The molecule has 0 aliphatic carbocycles. The Morgan fingerprint density at radius 3 is 2.63 bits per heavy atom. The molecule has 1 aromatic carbocycles. The number of nitrogens with zero attached hydrogens (tertiary/aromatic N) is 2. The monoisotopic (exact) mass is 390 g/mol. The fraction of sp³-hybridized carbons (Fsp3) is 0.389. The second kappa shape index (κ2) is 7.91. The molecule has 1 amide bonds. The number of amides is 1. The Labute approximate surface area is 158 Å². The lowest BCUT2D eigenvalue weighted by Crippen LogP contribution is -2.36. The summed E-state index contributed by atoms with van der Waals surface area (Å²) in [6.45, 7) is 3.89. The SMILES string of the molecule is CC(C)Oc1ccccc1Nc1cnc(C(=O)NC2CCS(=O)(=O)C2)cn1. The van der Waals surface area contributed by atoms with E-state index in [0.717, 1.165) is 5.69 Å². The zero-order valence-electron chi connectivity index (χ0n) is 15.2. The third kappa shape index (κ3) is 5.16. The zero-order valence-corrected chi connectivity index (χ0v) is 16.0. The molecule has 2 heterocycles. The highest BCUT2D eigenvalue weighted by atomic mass is 32.2. The van der Waals surface area contributed by atoms with E-state index in [1.807, 2.05) is 38.1 Å². The largest absolute Gasteiger partial charge is 0.489 e. The van der Waals surface area contributed by atoms with Crippen molar-refractivity contribution in [2.45, 2.75) is 32.4 Å². The molecule has 2 N–H and O–H groups in total. The van der Waals surface area contributed by atoms with Crippen LogP contribution >= 0.6 is 0 Å². The number of hydrogen-bond acceptors (Lipinski definition) is 7. The van der Waals surface area contributed by atoms with Gasteiger partial charge < -0.3 is 15.4 Å². The molecule has 144 valence electrons. The molecule has 0 spiro atoms. The summed E-state index contributed by atoms with van der Waals surface area (Å²) in [5.41, 5.74) is 0.880. The lowest BCUT2D eigenvalue weighted by atomic mass is 10.2. The van der Waals surface area contributed by atoms with Crippen LogP contribution in [0, 0.1) is 0 Å². The van der Waals surface area contributed by atoms with Crippen LogP contribution in [0.1, 0.15) is 30.8 Å². The van der Waals surface area contributed by atoms with Crippen molar-refractivity contribution in [1.82, 2.24) is 15.3 Å². The maximum Gasteiger partial charge on any atom is 0.271 e. The number of nitrogens with one attached hydrogen (secondary N) is 2. The molecule has 1 atom stereocenters. The molecule has 1 unspecified atom stereocenters. The minimum absolute atomic E-state index is 0.0293. The maximum atomic E-state index is 12.2. The van der Waals surface area contributed by atoms with E-state index in [4.69, 9.17) is 4.74 Å². The quantitative estimate of drug-likeness (QED) is 0.775. The van der Waals surface area contributed by atoms with E-state index < -0.39 is 15.7 Å². The highest BCUT2D eigenvalue weighted by Crippen LogP contribution is 2.27. The van der Waals surface area contributed by atoms with Crippen molar-refractivity contribution < 1.29 is 17.9 Å². The summed E-state index contributed by atoms with van der Waals surface area (Å²) in [5, 5.41) is 5.81. The molecular formula is C18H22N4O4S. The Hall–Kier alpha value is -2.68. The van der Waals surface area contributed by atoms with Gasteiger partial charge in [0.15, 0.2) is 9.84 Å². The minimum Gasteiger partial charge on any atom is -0.489 e. The van der Waals surface area contributed by atoms with Crippen molar-refractivity contribution in [3.63, 3.8) is 0 Å². The Balaban J connectivity index is 1.65. The van der Waals surface area contributed by atoms with Crippen LogP contribution < -0.4 is 15.4 Å². The van der Waals surface area contributed by atoms with E-state index in [2.05, 4.69) is 20.6 Å². The molecule has 1 aliphatic heterocycles. The number of rotatable bonds is 6. The molecule has 1 saturated heterocycles. The van der Waals surface area contributed by atoms with Gasteiger partial charge in [-0.3, -0.25) is 4.79 Å². The minimum atomic E-state index is -3.05. The Kier molecular flexibility index (Phi) is 5.59. The Morgan fingerprint density at radius 2 is 2.00 bits per heavy atom. The van der Waals surface area contributed by atoms with Gasteiger partial charge in [0, 0.05) is 6.04 Å². The summed E-state index contributed by atoms with van der Waals surface area (Å²) in [4.78, 5) is 20.5. The number of anilines is 2. The van der Waals surface area contributed by atoms with Gasteiger partial charge in [0.2, 0.25) is 0 Å². The highest BCUT2D eigenvalue weighted by Gasteiger charge is 2.29. The summed E-state index contributed by atoms with van der Waals surface area (Å²) >= 11 is 0. The first kappa shape index (κ1) is 19.1. The summed E-state index contributed by atoms with van der Waals surface area (Å²) in [7, 11) is -3.05. The molecule has 1 aliphatic rings. The number of hydrogen-bond donors (Lipinski definition) is 2. The van der Waals surface area contributed by atoms with Crippen LogP contribution in [0.15, 0.2) is 36.7 Å². The maximum absolute atomic E-state index is 12.2. The van der Waals surface area contributed by atoms with E-state index in [-0.39, 0.29) is 29.3 Å². The fourth-order valence-corrected chi connectivity index (χ4v) is 4.42. The van der Waals surface area contributed by atoms with Crippen molar-refractivity contribution in [3.05, 3.63) is 42.4 Å². The third-order valence-corrected chi connectivity index (χ3v) is 5.73.